The first-order valence-electron chi connectivity index (χ1n) is 5.41. The van der Waals surface area contributed by atoms with Gasteiger partial charge in [0.25, 0.3) is 0 Å². The van der Waals surface area contributed by atoms with E-state index >= 15 is 0 Å². The third-order valence-electron chi connectivity index (χ3n) is 2.45. The molecule has 0 unspecified atom stereocenters. The molecule has 0 radical (unpaired) electrons. The van der Waals surface area contributed by atoms with Crippen molar-refractivity contribution in [2.24, 2.45) is 0 Å². The molecule has 2 N–H and O–H groups in total. The van der Waals surface area contributed by atoms with Crippen molar-refractivity contribution < 1.29 is 18.3 Å². The van der Waals surface area contributed by atoms with Gasteiger partial charge in [-0.3, -0.25) is 0 Å². The molecule has 0 amide bonds. The largest absolute Gasteiger partial charge is 0.495 e. The molecule has 0 aliphatic carbocycles. The van der Waals surface area contributed by atoms with Crippen molar-refractivity contribution in [1.82, 2.24) is 4.72 Å². The number of hydrogen-bond acceptors (Lipinski definition) is 4. The average Bonchev–Trinajstić information content (AvgIpc) is 2.35. The van der Waals surface area contributed by atoms with Crippen molar-refractivity contribution in [2.45, 2.75) is 24.3 Å². The highest BCUT2D eigenvalue weighted by molar-refractivity contribution is 7.89. The molecule has 0 spiro atoms. The summed E-state index contributed by atoms with van der Waals surface area (Å²) < 4.78 is 31.6. The number of benzene rings is 1. The maximum Gasteiger partial charge on any atom is 0.244 e. The minimum absolute atomic E-state index is 0.00120. The fraction of sp³-hybridized carbons (Fsp3) is 0.455. The maximum atomic E-state index is 12.1. The Morgan fingerprint density at radius 1 is 1.50 bits per heavy atom. The van der Waals surface area contributed by atoms with Crippen LogP contribution < -0.4 is 9.46 Å². The average molecular weight is 294 g/mol. The molecule has 0 saturated carbocycles. The first kappa shape index (κ1) is 15.2. The van der Waals surface area contributed by atoms with Crippen LogP contribution in [0.5, 0.6) is 5.75 Å². The molecule has 0 heterocycles. The van der Waals surface area contributed by atoms with Gasteiger partial charge in [-0.1, -0.05) is 18.5 Å². The van der Waals surface area contributed by atoms with Crippen LogP contribution in [-0.2, 0) is 10.0 Å². The van der Waals surface area contributed by atoms with Crippen LogP contribution in [0.2, 0.25) is 5.02 Å². The van der Waals surface area contributed by atoms with Crippen molar-refractivity contribution >= 4 is 21.6 Å². The molecule has 102 valence electrons. The second-order valence-electron chi connectivity index (χ2n) is 3.70. The SMILES string of the molecule is CC[C@@H](CO)NS(=O)(=O)c1ccc(Cl)cc1OC. The van der Waals surface area contributed by atoms with Gasteiger partial charge in [-0.05, 0) is 18.6 Å². The van der Waals surface area contributed by atoms with Crippen LogP contribution in [-0.4, -0.2) is 33.3 Å². The van der Waals surface area contributed by atoms with Crippen LogP contribution in [0.15, 0.2) is 23.1 Å². The monoisotopic (exact) mass is 293 g/mol. The van der Waals surface area contributed by atoms with Crippen molar-refractivity contribution in [3.63, 3.8) is 0 Å². The molecular formula is C11H16ClNO4S. The Balaban J connectivity index is 3.12. The zero-order valence-corrected chi connectivity index (χ0v) is 11.8. The van der Waals surface area contributed by atoms with Gasteiger partial charge in [0, 0.05) is 17.1 Å². The van der Waals surface area contributed by atoms with E-state index in [1.54, 1.807) is 6.92 Å². The highest BCUT2D eigenvalue weighted by Gasteiger charge is 2.22. The van der Waals surface area contributed by atoms with E-state index in [0.717, 1.165) is 0 Å². The number of aliphatic hydroxyl groups is 1. The van der Waals surface area contributed by atoms with Gasteiger partial charge in [-0.15, -0.1) is 0 Å². The van der Waals surface area contributed by atoms with E-state index in [-0.39, 0.29) is 17.3 Å². The lowest BCUT2D eigenvalue weighted by Gasteiger charge is -2.16. The predicted octanol–water partition coefficient (Wildman–Crippen LogP) is 1.40. The van der Waals surface area contributed by atoms with Gasteiger partial charge < -0.3 is 9.84 Å². The van der Waals surface area contributed by atoms with E-state index in [1.807, 2.05) is 0 Å². The number of ether oxygens (including phenoxy) is 1. The number of methoxy groups -OCH3 is 1. The summed E-state index contributed by atoms with van der Waals surface area (Å²) in [6.07, 6.45) is 0.492. The van der Waals surface area contributed by atoms with Crippen molar-refractivity contribution in [1.29, 1.82) is 0 Å². The molecule has 7 heteroatoms. The molecule has 0 aliphatic heterocycles. The summed E-state index contributed by atoms with van der Waals surface area (Å²) in [6, 6.07) is 3.75. The summed E-state index contributed by atoms with van der Waals surface area (Å²) in [5.41, 5.74) is 0. The fourth-order valence-electron chi connectivity index (χ4n) is 1.40. The van der Waals surface area contributed by atoms with Gasteiger partial charge in [0.2, 0.25) is 10.0 Å². The molecule has 5 nitrogen and oxygen atoms in total. The number of nitrogens with one attached hydrogen (secondary N) is 1. The molecule has 1 atom stereocenters. The Bertz CT molecular complexity index is 500. The number of aliphatic hydroxyl groups excluding tert-OH is 1. The predicted molar refractivity (Wildman–Crippen MR) is 69.5 cm³/mol. The number of halogens is 1. The van der Waals surface area contributed by atoms with E-state index in [2.05, 4.69) is 4.72 Å². The van der Waals surface area contributed by atoms with E-state index in [0.29, 0.717) is 11.4 Å². The number of hydrogen-bond donors (Lipinski definition) is 2. The van der Waals surface area contributed by atoms with E-state index in [4.69, 9.17) is 21.4 Å². The first-order chi connectivity index (χ1) is 8.44. The summed E-state index contributed by atoms with van der Waals surface area (Å²) >= 11 is 5.77. The fourth-order valence-corrected chi connectivity index (χ4v) is 3.02. The Morgan fingerprint density at radius 3 is 2.67 bits per heavy atom. The third kappa shape index (κ3) is 3.58. The summed E-state index contributed by atoms with van der Waals surface area (Å²) in [7, 11) is -2.37. The molecule has 18 heavy (non-hydrogen) atoms. The van der Waals surface area contributed by atoms with Crippen LogP contribution in [0.1, 0.15) is 13.3 Å². The van der Waals surface area contributed by atoms with Crippen LogP contribution >= 0.6 is 11.6 Å². The molecule has 0 bridgehead atoms. The minimum atomic E-state index is -3.74. The van der Waals surface area contributed by atoms with Crippen LogP contribution in [0, 0.1) is 0 Å². The molecular weight excluding hydrogens is 278 g/mol. The molecule has 0 aliphatic rings. The summed E-state index contributed by atoms with van der Waals surface area (Å²) in [5, 5.41) is 9.42. The van der Waals surface area contributed by atoms with Crippen LogP contribution in [0.4, 0.5) is 0 Å². The second kappa shape index (κ2) is 6.38. The molecule has 0 aromatic heterocycles. The van der Waals surface area contributed by atoms with Crippen molar-refractivity contribution in [2.75, 3.05) is 13.7 Å². The molecule has 1 aromatic rings. The standard InChI is InChI=1S/C11H16ClNO4S/c1-3-9(7-14)13-18(15,16)11-5-4-8(12)6-10(11)17-2/h4-6,9,13-14H,3,7H2,1-2H3/t9-/m0/s1. The van der Waals surface area contributed by atoms with Gasteiger partial charge in [0.05, 0.1) is 13.7 Å². The quantitative estimate of drug-likeness (QED) is 0.831. The Kier molecular flexibility index (Phi) is 5.40. The van der Waals surface area contributed by atoms with Crippen molar-refractivity contribution in [3.8, 4) is 5.75 Å². The van der Waals surface area contributed by atoms with Gasteiger partial charge in [-0.25, -0.2) is 13.1 Å². The summed E-state index contributed by atoms with van der Waals surface area (Å²) in [4.78, 5) is 0.00120. The summed E-state index contributed by atoms with van der Waals surface area (Å²) in [6.45, 7) is 1.52. The molecule has 0 saturated heterocycles. The van der Waals surface area contributed by atoms with Crippen LogP contribution in [0.3, 0.4) is 0 Å². The lowest BCUT2D eigenvalue weighted by atomic mass is 10.3. The van der Waals surface area contributed by atoms with Gasteiger partial charge >= 0.3 is 0 Å². The van der Waals surface area contributed by atoms with Gasteiger partial charge in [0.1, 0.15) is 10.6 Å². The van der Waals surface area contributed by atoms with E-state index < -0.39 is 16.1 Å². The number of rotatable bonds is 6. The zero-order valence-electron chi connectivity index (χ0n) is 10.2. The summed E-state index contributed by atoms with van der Waals surface area (Å²) in [5.74, 6) is 0.169. The van der Waals surface area contributed by atoms with Gasteiger partial charge in [-0.2, -0.15) is 0 Å². The van der Waals surface area contributed by atoms with E-state index in [1.165, 1.54) is 25.3 Å². The van der Waals surface area contributed by atoms with Crippen LogP contribution in [0.25, 0.3) is 0 Å². The second-order valence-corrected chi connectivity index (χ2v) is 5.82. The zero-order chi connectivity index (χ0) is 13.8. The topological polar surface area (TPSA) is 75.6 Å². The Labute approximate surface area is 112 Å². The molecule has 1 rings (SSSR count). The lowest BCUT2D eigenvalue weighted by Crippen LogP contribution is -2.37. The lowest BCUT2D eigenvalue weighted by molar-refractivity contribution is 0.253. The highest BCUT2D eigenvalue weighted by Crippen LogP contribution is 2.27. The third-order valence-corrected chi connectivity index (χ3v) is 4.25. The highest BCUT2D eigenvalue weighted by atomic mass is 35.5. The smallest absolute Gasteiger partial charge is 0.244 e. The maximum absolute atomic E-state index is 12.1. The van der Waals surface area contributed by atoms with Gasteiger partial charge in [0.15, 0.2) is 0 Å². The Hall–Kier alpha value is -0.820. The minimum Gasteiger partial charge on any atom is -0.495 e. The first-order valence-corrected chi connectivity index (χ1v) is 7.27. The Morgan fingerprint density at radius 2 is 2.17 bits per heavy atom. The van der Waals surface area contributed by atoms with E-state index in [9.17, 15) is 8.42 Å². The van der Waals surface area contributed by atoms with Crippen molar-refractivity contribution in [3.05, 3.63) is 23.2 Å². The number of sulfonamides is 1. The normalized spacial score (nSPS) is 13.3. The molecule has 1 aromatic carbocycles. The molecule has 0 fully saturated rings.